The van der Waals surface area contributed by atoms with Gasteiger partial charge in [0.1, 0.15) is 24.2 Å². The summed E-state index contributed by atoms with van der Waals surface area (Å²) in [6.45, 7) is 8.38. The van der Waals surface area contributed by atoms with Gasteiger partial charge < -0.3 is 31.1 Å². The molecule has 11 nitrogen and oxygen atoms in total. The molecule has 2 aliphatic rings. The van der Waals surface area contributed by atoms with Crippen LogP contribution in [0.25, 0.3) is 0 Å². The Balaban J connectivity index is 2.55. The van der Waals surface area contributed by atoms with E-state index in [1.54, 1.807) is 39.8 Å². The summed E-state index contributed by atoms with van der Waals surface area (Å²) in [6, 6.07) is -4.37. The van der Waals surface area contributed by atoms with E-state index in [0.717, 1.165) is 0 Å². The number of carbonyl (C=O) groups excluding carboxylic acids is 5. The molecular formula is C24H38N4O7S2. The van der Waals surface area contributed by atoms with E-state index in [2.05, 4.69) is 21.3 Å². The predicted molar refractivity (Wildman–Crippen MR) is 142 cm³/mol. The van der Waals surface area contributed by atoms with Crippen molar-refractivity contribution in [3.63, 3.8) is 0 Å². The lowest BCUT2D eigenvalue weighted by atomic mass is 9.99. The Hall–Kier alpha value is -2.25. The Morgan fingerprint density at radius 3 is 2.05 bits per heavy atom. The van der Waals surface area contributed by atoms with Gasteiger partial charge >= 0.3 is 5.97 Å². The van der Waals surface area contributed by atoms with E-state index in [9.17, 15) is 29.1 Å². The Morgan fingerprint density at radius 1 is 0.838 bits per heavy atom. The van der Waals surface area contributed by atoms with Crippen LogP contribution < -0.4 is 21.3 Å². The number of aliphatic hydroxyl groups excluding tert-OH is 1. The summed E-state index contributed by atoms with van der Waals surface area (Å²) in [5.74, 6) is -2.97. The Bertz CT molecular complexity index is 881. The third-order valence-electron chi connectivity index (χ3n) is 5.87. The molecule has 1 saturated heterocycles. The summed E-state index contributed by atoms with van der Waals surface area (Å²) in [4.78, 5) is 65.4. The number of rotatable bonds is 3. The number of ether oxygens (including phenoxy) is 1. The number of aliphatic hydroxyl groups is 1. The monoisotopic (exact) mass is 558 g/mol. The minimum Gasteiger partial charge on any atom is -0.456 e. The molecule has 0 aromatic heterocycles. The highest BCUT2D eigenvalue weighted by atomic mass is 33.1. The van der Waals surface area contributed by atoms with Gasteiger partial charge in [-0.2, -0.15) is 0 Å². The second-order valence-electron chi connectivity index (χ2n) is 9.81. The summed E-state index contributed by atoms with van der Waals surface area (Å²) in [5, 5.41) is 20.8. The second kappa shape index (κ2) is 14.6. The topological polar surface area (TPSA) is 163 Å². The number of hydrogen-bond acceptors (Lipinski definition) is 9. The van der Waals surface area contributed by atoms with Gasteiger partial charge in [0.25, 0.3) is 0 Å². The zero-order valence-electron chi connectivity index (χ0n) is 21.8. The van der Waals surface area contributed by atoms with Crippen LogP contribution in [0.2, 0.25) is 0 Å². The van der Waals surface area contributed by atoms with Crippen LogP contribution in [0, 0.1) is 11.8 Å². The summed E-state index contributed by atoms with van der Waals surface area (Å²) in [6.07, 6.45) is 1.46. The van der Waals surface area contributed by atoms with Crippen LogP contribution in [0.4, 0.5) is 0 Å². The smallest absolute Gasteiger partial charge is 0.331 e. The number of fused-ring (bicyclic) bond motifs is 6. The van der Waals surface area contributed by atoms with Crippen LogP contribution >= 0.6 is 21.6 Å². The number of nitrogens with one attached hydrogen (secondary N) is 4. The molecule has 3 unspecified atom stereocenters. The van der Waals surface area contributed by atoms with Crippen molar-refractivity contribution in [1.82, 2.24) is 21.3 Å². The van der Waals surface area contributed by atoms with Crippen LogP contribution in [-0.2, 0) is 28.7 Å². The first-order valence-electron chi connectivity index (χ1n) is 12.4. The minimum atomic E-state index is -1.41. The van der Waals surface area contributed by atoms with Crippen LogP contribution in [0.1, 0.15) is 47.5 Å². The third-order valence-corrected chi connectivity index (χ3v) is 8.32. The standard InChI is InChI=1S/C24H38N4O7S2/c1-12(2)18-23(33)27-19(13(3)4)22(32)25-16-11-37-36-9-7-6-8-15(10-17(30)26-18)35-24(34)20(14(5)29)28-21(16)31/h6,8,12-16,18-20,29H,7,9-11H2,1-5H3,(H,25,32)(H,26,30)(H,27,33)(H,28,31)/b8-6+/t14?,15?,16-,18-,19-,20?/m1/s1. The minimum absolute atomic E-state index is 0.194. The molecular weight excluding hydrogens is 520 g/mol. The molecule has 0 spiro atoms. The Labute approximate surface area is 225 Å². The van der Waals surface area contributed by atoms with Gasteiger partial charge in [-0.05, 0) is 31.3 Å². The van der Waals surface area contributed by atoms with E-state index >= 15 is 0 Å². The van der Waals surface area contributed by atoms with Crippen molar-refractivity contribution in [2.75, 3.05) is 11.5 Å². The molecule has 2 aliphatic heterocycles. The molecule has 4 amide bonds. The third kappa shape index (κ3) is 9.53. The maximum absolute atomic E-state index is 13.3. The maximum Gasteiger partial charge on any atom is 0.331 e. The SMILES string of the molecule is CC(O)C1NC(=O)[C@H]2CSSCC/C=C/C(CC(=O)N[C@H](C(C)C)C(=O)N[C@H](C(C)C)C(=O)N2)OC1=O. The summed E-state index contributed by atoms with van der Waals surface area (Å²) in [5.41, 5.74) is 0. The van der Waals surface area contributed by atoms with E-state index in [1.807, 2.05) is 0 Å². The van der Waals surface area contributed by atoms with Crippen LogP contribution in [0.3, 0.4) is 0 Å². The number of esters is 1. The summed E-state index contributed by atoms with van der Waals surface area (Å²) >= 11 is 0. The van der Waals surface area contributed by atoms with E-state index in [1.165, 1.54) is 28.5 Å². The molecule has 0 aromatic rings. The normalized spacial score (nSPS) is 30.9. The van der Waals surface area contributed by atoms with E-state index in [0.29, 0.717) is 12.2 Å². The van der Waals surface area contributed by atoms with Gasteiger partial charge in [-0.15, -0.1) is 0 Å². The first kappa shape index (κ1) is 31.0. The van der Waals surface area contributed by atoms with Crippen molar-refractivity contribution in [3.8, 4) is 0 Å². The molecule has 6 atom stereocenters. The van der Waals surface area contributed by atoms with Crippen molar-refractivity contribution in [3.05, 3.63) is 12.2 Å². The molecule has 0 aromatic carbocycles. The maximum atomic E-state index is 13.3. The zero-order valence-corrected chi connectivity index (χ0v) is 23.4. The van der Waals surface area contributed by atoms with Gasteiger partial charge in [0.2, 0.25) is 23.6 Å². The molecule has 2 rings (SSSR count). The summed E-state index contributed by atoms with van der Waals surface area (Å²) in [7, 11) is 2.89. The molecule has 2 heterocycles. The Morgan fingerprint density at radius 2 is 1.43 bits per heavy atom. The van der Waals surface area contributed by atoms with Crippen LogP contribution in [0.5, 0.6) is 0 Å². The lowest BCUT2D eigenvalue weighted by Gasteiger charge is -2.30. The lowest BCUT2D eigenvalue weighted by Crippen LogP contribution is -2.61. The highest BCUT2D eigenvalue weighted by Crippen LogP contribution is 2.24. The predicted octanol–water partition coefficient (Wildman–Crippen LogP) is 0.275. The van der Waals surface area contributed by atoms with Gasteiger partial charge in [-0.25, -0.2) is 4.79 Å². The zero-order chi connectivity index (χ0) is 27.7. The first-order valence-corrected chi connectivity index (χ1v) is 14.9. The second-order valence-corrected chi connectivity index (χ2v) is 12.4. The molecule has 1 fully saturated rings. The fourth-order valence-electron chi connectivity index (χ4n) is 3.71. The number of allylic oxidation sites excluding steroid dienone is 1. The van der Waals surface area contributed by atoms with E-state index in [-0.39, 0.29) is 24.0 Å². The lowest BCUT2D eigenvalue weighted by molar-refractivity contribution is -0.155. The van der Waals surface area contributed by atoms with Gasteiger partial charge in [0, 0.05) is 11.5 Å². The van der Waals surface area contributed by atoms with Crippen molar-refractivity contribution in [2.24, 2.45) is 11.8 Å². The van der Waals surface area contributed by atoms with Crippen molar-refractivity contribution in [1.29, 1.82) is 0 Å². The van der Waals surface area contributed by atoms with Gasteiger partial charge in [0.15, 0.2) is 6.04 Å². The van der Waals surface area contributed by atoms with Crippen LogP contribution in [0.15, 0.2) is 12.2 Å². The highest BCUT2D eigenvalue weighted by molar-refractivity contribution is 8.76. The molecule has 37 heavy (non-hydrogen) atoms. The van der Waals surface area contributed by atoms with Gasteiger partial charge in [-0.3, -0.25) is 19.2 Å². The average Bonchev–Trinajstić information content (AvgIpc) is 2.80. The van der Waals surface area contributed by atoms with Crippen molar-refractivity contribution >= 4 is 51.2 Å². The first-order chi connectivity index (χ1) is 17.4. The fourth-order valence-corrected chi connectivity index (χ4v) is 5.87. The summed E-state index contributed by atoms with van der Waals surface area (Å²) < 4.78 is 5.51. The number of hydrogen-bond donors (Lipinski definition) is 5. The molecule has 0 saturated carbocycles. The molecule has 13 heteroatoms. The molecule has 0 aliphatic carbocycles. The molecule has 5 N–H and O–H groups in total. The molecule has 208 valence electrons. The quantitative estimate of drug-likeness (QED) is 0.186. The van der Waals surface area contributed by atoms with E-state index in [4.69, 9.17) is 4.74 Å². The van der Waals surface area contributed by atoms with E-state index < -0.39 is 66.0 Å². The van der Waals surface area contributed by atoms with Crippen molar-refractivity contribution in [2.45, 2.75) is 83.8 Å². The highest BCUT2D eigenvalue weighted by Gasteiger charge is 2.36. The van der Waals surface area contributed by atoms with Gasteiger partial charge in [-0.1, -0.05) is 55.4 Å². The number of amides is 4. The molecule has 2 bridgehead atoms. The Kier molecular flexibility index (Phi) is 12.2. The van der Waals surface area contributed by atoms with Gasteiger partial charge in [0.05, 0.1) is 12.5 Å². The average molecular weight is 559 g/mol. The fraction of sp³-hybridized carbons (Fsp3) is 0.708. The van der Waals surface area contributed by atoms with Crippen molar-refractivity contribution < 1.29 is 33.8 Å². The molecule has 0 radical (unpaired) electrons. The largest absolute Gasteiger partial charge is 0.456 e. The van der Waals surface area contributed by atoms with Crippen LogP contribution in [-0.4, -0.2) is 82.6 Å². The number of carbonyl (C=O) groups is 5.